The molecule has 14 aromatic rings. The van der Waals surface area contributed by atoms with Crippen LogP contribution in [0, 0.1) is 18.5 Å². The topological polar surface area (TPSA) is 45.7 Å². The summed E-state index contributed by atoms with van der Waals surface area (Å²) in [4.78, 5) is 5.06. The molecule has 0 saturated heterocycles. The maximum absolute atomic E-state index is 6.80. The number of para-hydroxylation sites is 7. The molecule has 0 aliphatic carbocycles. The molecule has 0 saturated carbocycles. The summed E-state index contributed by atoms with van der Waals surface area (Å²) in [5.74, 6) is 1.90. The zero-order chi connectivity index (χ0) is 44.0. The molecule has 0 radical (unpaired) electrons. The van der Waals surface area contributed by atoms with E-state index in [2.05, 4.69) is 188 Å². The molecule has 324 valence electrons. The van der Waals surface area contributed by atoms with Crippen molar-refractivity contribution in [1.29, 1.82) is 0 Å². The normalized spacial score (nSPS) is 11.7. The number of pyridine rings is 1. The molecule has 0 fully saturated rings. The predicted molar refractivity (Wildman–Crippen MR) is 269 cm³/mol. The summed E-state index contributed by atoms with van der Waals surface area (Å²) >= 11 is 0. The van der Waals surface area contributed by atoms with E-state index in [1.807, 2.05) is 71.4 Å². The van der Waals surface area contributed by atoms with Gasteiger partial charge in [0.15, 0.2) is 0 Å². The Hall–Kier alpha value is -8.51. The van der Waals surface area contributed by atoms with Gasteiger partial charge in [0.25, 0.3) is 6.33 Å². The zero-order valence-electron chi connectivity index (χ0n) is 36.2. The first-order chi connectivity index (χ1) is 33.3. The fourth-order valence-corrected chi connectivity index (χ4v) is 10.3. The third-order valence-electron chi connectivity index (χ3n) is 13.0. The Kier molecular flexibility index (Phi) is 9.27. The zero-order valence-corrected chi connectivity index (χ0v) is 38.5. The molecule has 0 bridgehead atoms. The van der Waals surface area contributed by atoms with Gasteiger partial charge in [0, 0.05) is 71.7 Å². The minimum absolute atomic E-state index is 0. The van der Waals surface area contributed by atoms with Crippen molar-refractivity contribution in [3.05, 3.63) is 237 Å². The van der Waals surface area contributed by atoms with Crippen molar-refractivity contribution in [3.63, 3.8) is 0 Å². The number of benzene rings is 9. The van der Waals surface area contributed by atoms with E-state index in [1.165, 1.54) is 10.8 Å². The first kappa shape index (κ1) is 39.8. The molecule has 7 nitrogen and oxygen atoms in total. The molecule has 0 unspecified atom stereocenters. The molecule has 0 spiro atoms. The number of imidazole rings is 1. The van der Waals surface area contributed by atoms with E-state index < -0.39 is 0 Å². The van der Waals surface area contributed by atoms with Crippen molar-refractivity contribution in [2.45, 2.75) is 0 Å². The van der Waals surface area contributed by atoms with Gasteiger partial charge in [0.2, 0.25) is 0 Å². The van der Waals surface area contributed by atoms with Gasteiger partial charge in [-0.1, -0.05) is 127 Å². The molecule has 0 amide bonds. The Labute approximate surface area is 404 Å². The van der Waals surface area contributed by atoms with Crippen molar-refractivity contribution >= 4 is 76.5 Å². The average molecular weight is 1050 g/mol. The maximum atomic E-state index is 6.80. The third kappa shape index (κ3) is 5.96. The quantitative estimate of drug-likeness (QED) is 0.118. The van der Waals surface area contributed by atoms with E-state index in [-0.39, 0.29) is 21.1 Å². The summed E-state index contributed by atoms with van der Waals surface area (Å²) in [5.41, 5.74) is 12.4. The number of rotatable bonds is 7. The van der Waals surface area contributed by atoms with Crippen LogP contribution in [0.25, 0.3) is 105 Å². The minimum Gasteiger partial charge on any atom is -0.510 e. The van der Waals surface area contributed by atoms with Crippen LogP contribution < -0.4 is 9.30 Å². The summed E-state index contributed by atoms with van der Waals surface area (Å²) < 4.78 is 18.1. The molecular formula is C60H36N6OPt-2. The molecule has 0 atom stereocenters. The van der Waals surface area contributed by atoms with E-state index in [9.17, 15) is 0 Å². The van der Waals surface area contributed by atoms with Crippen molar-refractivity contribution in [3.8, 4) is 40.1 Å². The van der Waals surface area contributed by atoms with Crippen LogP contribution in [0.2, 0.25) is 0 Å². The number of fused-ring (bicyclic) bond motifs is 13. The summed E-state index contributed by atoms with van der Waals surface area (Å²) in [7, 11) is 0. The van der Waals surface area contributed by atoms with E-state index in [1.54, 1.807) is 0 Å². The minimum atomic E-state index is 0. The van der Waals surface area contributed by atoms with Crippen molar-refractivity contribution in [2.75, 3.05) is 0 Å². The number of hydrogen-bond donors (Lipinski definition) is 0. The smallest absolute Gasteiger partial charge is 0.268 e. The monoisotopic (exact) mass is 1050 g/mol. The van der Waals surface area contributed by atoms with Gasteiger partial charge in [-0.05, 0) is 71.7 Å². The van der Waals surface area contributed by atoms with Crippen molar-refractivity contribution in [2.24, 2.45) is 0 Å². The summed E-state index contributed by atoms with van der Waals surface area (Å²) in [5, 5.41) is 6.82. The van der Waals surface area contributed by atoms with Crippen LogP contribution in [-0.2, 0) is 21.1 Å². The Bertz CT molecular complexity index is 4230. The van der Waals surface area contributed by atoms with Gasteiger partial charge in [0.05, 0.1) is 44.3 Å². The van der Waals surface area contributed by atoms with Crippen LogP contribution in [0.15, 0.2) is 219 Å². The Balaban J connectivity index is 0.00000457. The molecule has 5 heterocycles. The van der Waals surface area contributed by atoms with Crippen molar-refractivity contribution < 1.29 is 30.4 Å². The summed E-state index contributed by atoms with van der Waals surface area (Å²) in [6.45, 7) is 0. The fourth-order valence-electron chi connectivity index (χ4n) is 10.3. The van der Waals surface area contributed by atoms with Crippen LogP contribution in [-0.4, -0.2) is 23.3 Å². The molecule has 0 aliphatic heterocycles. The molecule has 14 rings (SSSR count). The molecule has 0 aliphatic rings. The molecule has 5 aromatic heterocycles. The number of ether oxygens (including phenoxy) is 1. The molecular weight excluding hydrogens is 1020 g/mol. The second-order valence-corrected chi connectivity index (χ2v) is 16.8. The second-order valence-electron chi connectivity index (χ2n) is 16.8. The van der Waals surface area contributed by atoms with Gasteiger partial charge in [-0.2, -0.15) is 18.2 Å². The predicted octanol–water partition coefficient (Wildman–Crippen LogP) is 13.8. The number of hydrogen-bond acceptors (Lipinski definition) is 2. The Morgan fingerprint density at radius 3 is 1.66 bits per heavy atom. The largest absolute Gasteiger partial charge is 0.510 e. The Morgan fingerprint density at radius 2 is 0.971 bits per heavy atom. The van der Waals surface area contributed by atoms with Crippen LogP contribution in [0.3, 0.4) is 0 Å². The molecule has 0 N–H and O–H groups in total. The van der Waals surface area contributed by atoms with Gasteiger partial charge in [-0.15, -0.1) is 29.7 Å². The van der Waals surface area contributed by atoms with E-state index in [0.717, 1.165) is 94.2 Å². The summed E-state index contributed by atoms with van der Waals surface area (Å²) in [6.07, 6.45) is 5.44. The van der Waals surface area contributed by atoms with E-state index in [0.29, 0.717) is 11.5 Å². The molecule has 68 heavy (non-hydrogen) atoms. The van der Waals surface area contributed by atoms with Crippen LogP contribution in [0.5, 0.6) is 11.5 Å². The second kappa shape index (κ2) is 15.8. The maximum Gasteiger partial charge on any atom is 0.268 e. The van der Waals surface area contributed by atoms with E-state index >= 15 is 0 Å². The van der Waals surface area contributed by atoms with Crippen LogP contribution in [0.1, 0.15) is 0 Å². The van der Waals surface area contributed by atoms with Gasteiger partial charge in [-0.25, -0.2) is 4.98 Å². The van der Waals surface area contributed by atoms with Crippen LogP contribution in [0.4, 0.5) is 0 Å². The van der Waals surface area contributed by atoms with Gasteiger partial charge in [-0.3, -0.25) is 4.57 Å². The standard InChI is InChI=1S/C60H36N6O.Pt/c1-4-19-40(20-5-1)62-39-63(52-32-15-14-31-51(52)62)43-25-18-26-44(37-43)67-45-34-35-48-53(38-45)66(54-33-16-17-36-61-54)59-56(48)55-46-27-10-12-29-49(46)64(41-21-6-2-7-22-41)58(55)57-47-28-11-13-30-50(47)65(60(57)59)42-23-8-3-9-24-42;/h1-36H;/q-2;. The fraction of sp³-hybridized carbons (Fsp3) is 0. The molecule has 9 aromatic carbocycles. The number of nitrogens with zero attached hydrogens (tertiary/aromatic N) is 6. The number of aromatic nitrogens is 6. The van der Waals surface area contributed by atoms with Gasteiger partial charge in [0.1, 0.15) is 5.82 Å². The van der Waals surface area contributed by atoms with Crippen LogP contribution >= 0.6 is 0 Å². The van der Waals surface area contributed by atoms with E-state index in [4.69, 9.17) is 9.72 Å². The van der Waals surface area contributed by atoms with Crippen molar-refractivity contribution in [1.82, 2.24) is 23.3 Å². The average Bonchev–Trinajstić information content (AvgIpc) is 4.14. The Morgan fingerprint density at radius 1 is 0.412 bits per heavy atom. The van der Waals surface area contributed by atoms with Gasteiger partial charge < -0.3 is 23.0 Å². The summed E-state index contributed by atoms with van der Waals surface area (Å²) in [6, 6.07) is 81.3. The van der Waals surface area contributed by atoms with Gasteiger partial charge >= 0.3 is 0 Å². The first-order valence-corrected chi connectivity index (χ1v) is 22.4. The third-order valence-corrected chi connectivity index (χ3v) is 13.0. The first-order valence-electron chi connectivity index (χ1n) is 22.4. The molecule has 8 heteroatoms. The SMILES string of the molecule is [Pt].[c-]1c(Oc2[c-]c3c(cc2)c2c4c5ccccc5n(-c5ccccc5)c4c4c5ccccc5n(-c5ccccc5)c4c2n3-c2ccccn2)cccc1-[n+]1[c-]n(-c2ccccc2)c2ccccc21.